The van der Waals surface area contributed by atoms with Crippen molar-refractivity contribution >= 4 is 25.0 Å². The summed E-state index contributed by atoms with van der Waals surface area (Å²) in [6.45, 7) is 7.54. The van der Waals surface area contributed by atoms with Gasteiger partial charge in [0.05, 0.1) is 11.2 Å². The SMILES string of the molecule is CC1(C)OB(C(=Cc2c(N)cc(F)cc2F)CNC(=O)OCc2ccccc2)OC1(C)C. The van der Waals surface area contributed by atoms with E-state index in [4.69, 9.17) is 19.8 Å². The Labute approximate surface area is 186 Å². The molecule has 170 valence electrons. The number of ether oxygens (including phenoxy) is 1. The van der Waals surface area contributed by atoms with Crippen LogP contribution in [0.3, 0.4) is 0 Å². The topological polar surface area (TPSA) is 82.8 Å². The molecule has 2 aromatic rings. The normalized spacial score (nSPS) is 17.3. The van der Waals surface area contributed by atoms with Crippen LogP contribution in [0, 0.1) is 11.6 Å². The third-order valence-electron chi connectivity index (χ3n) is 5.66. The first-order valence-electron chi connectivity index (χ1n) is 10.2. The number of halogens is 2. The predicted octanol–water partition coefficient (Wildman–Crippen LogP) is 4.49. The molecule has 2 aromatic carbocycles. The number of hydrogen-bond donors (Lipinski definition) is 2. The molecule has 0 bridgehead atoms. The minimum atomic E-state index is -0.877. The van der Waals surface area contributed by atoms with Crippen LogP contribution in [0.15, 0.2) is 47.9 Å². The van der Waals surface area contributed by atoms with E-state index in [9.17, 15) is 13.6 Å². The Kier molecular flexibility index (Phi) is 6.90. The number of benzene rings is 2. The van der Waals surface area contributed by atoms with Gasteiger partial charge >= 0.3 is 13.2 Å². The molecule has 9 heteroatoms. The average molecular weight is 444 g/mol. The number of alkyl carbamates (subject to hydrolysis) is 1. The highest BCUT2D eigenvalue weighted by Gasteiger charge is 2.52. The van der Waals surface area contributed by atoms with Crippen molar-refractivity contribution < 1.29 is 27.6 Å². The molecule has 0 unspecified atom stereocenters. The lowest BCUT2D eigenvalue weighted by Crippen LogP contribution is -2.41. The molecule has 1 heterocycles. The zero-order valence-electron chi connectivity index (χ0n) is 18.6. The van der Waals surface area contributed by atoms with Gasteiger partial charge in [-0.05, 0) is 44.8 Å². The molecule has 1 aliphatic heterocycles. The number of nitrogens with one attached hydrogen (secondary N) is 1. The van der Waals surface area contributed by atoms with Crippen molar-refractivity contribution in [2.24, 2.45) is 0 Å². The molecular weight excluding hydrogens is 417 g/mol. The molecule has 0 saturated carbocycles. The van der Waals surface area contributed by atoms with Crippen LogP contribution in [-0.4, -0.2) is 31.0 Å². The van der Waals surface area contributed by atoms with Gasteiger partial charge in [0.1, 0.15) is 18.2 Å². The fourth-order valence-corrected chi connectivity index (χ4v) is 3.09. The molecule has 3 N–H and O–H groups in total. The number of rotatable bonds is 6. The maximum atomic E-state index is 14.4. The van der Waals surface area contributed by atoms with Crippen molar-refractivity contribution in [3.63, 3.8) is 0 Å². The molecule has 0 atom stereocenters. The number of carbonyl (C=O) groups is 1. The molecular formula is C23H27BF2N2O4. The van der Waals surface area contributed by atoms with E-state index in [1.807, 2.05) is 58.0 Å². The summed E-state index contributed by atoms with van der Waals surface area (Å²) < 4.78 is 45.2. The predicted molar refractivity (Wildman–Crippen MR) is 119 cm³/mol. The van der Waals surface area contributed by atoms with Crippen molar-refractivity contribution in [1.29, 1.82) is 0 Å². The molecule has 0 radical (unpaired) electrons. The number of nitrogens with two attached hydrogens (primary N) is 1. The van der Waals surface area contributed by atoms with Crippen LogP contribution in [-0.2, 0) is 20.7 Å². The summed E-state index contributed by atoms with van der Waals surface area (Å²) in [6.07, 6.45) is 0.743. The van der Waals surface area contributed by atoms with Gasteiger partial charge in [-0.2, -0.15) is 0 Å². The second kappa shape index (κ2) is 9.30. The molecule has 1 aliphatic rings. The zero-order chi connectivity index (χ0) is 23.5. The van der Waals surface area contributed by atoms with Crippen LogP contribution in [0.25, 0.3) is 6.08 Å². The van der Waals surface area contributed by atoms with Crippen LogP contribution >= 0.6 is 0 Å². The maximum absolute atomic E-state index is 14.4. The highest BCUT2D eigenvalue weighted by atomic mass is 19.1. The van der Waals surface area contributed by atoms with E-state index in [1.165, 1.54) is 6.08 Å². The quantitative estimate of drug-likeness (QED) is 0.507. The second-order valence-electron chi connectivity index (χ2n) is 8.61. The summed E-state index contributed by atoms with van der Waals surface area (Å²) >= 11 is 0. The molecule has 3 rings (SSSR count). The molecule has 0 aliphatic carbocycles. The third kappa shape index (κ3) is 5.47. The monoisotopic (exact) mass is 444 g/mol. The molecule has 1 amide bonds. The third-order valence-corrected chi connectivity index (χ3v) is 5.66. The molecule has 6 nitrogen and oxygen atoms in total. The van der Waals surface area contributed by atoms with E-state index >= 15 is 0 Å². The van der Waals surface area contributed by atoms with E-state index in [1.54, 1.807) is 0 Å². The standard InChI is InChI=1S/C23H27BF2N2O4/c1-22(2)23(3,4)32-24(31-22)16(10-18-19(26)11-17(25)12-20(18)27)13-28-21(29)30-14-15-8-6-5-7-9-15/h5-12H,13-14,27H2,1-4H3,(H,28,29). The summed E-state index contributed by atoms with van der Waals surface area (Å²) in [6, 6.07) is 11.0. The summed E-state index contributed by atoms with van der Waals surface area (Å²) in [5, 5.41) is 2.63. The number of amides is 1. The number of carbonyl (C=O) groups excluding carboxylic acids is 1. The van der Waals surface area contributed by atoms with Crippen molar-refractivity contribution in [3.8, 4) is 0 Å². The van der Waals surface area contributed by atoms with Crippen molar-refractivity contribution in [1.82, 2.24) is 5.32 Å². The number of nitrogen functional groups attached to an aromatic ring is 1. The van der Waals surface area contributed by atoms with Gasteiger partial charge in [-0.15, -0.1) is 0 Å². The average Bonchev–Trinajstić information content (AvgIpc) is 2.93. The van der Waals surface area contributed by atoms with E-state index in [0.717, 1.165) is 17.7 Å². The van der Waals surface area contributed by atoms with Crippen LogP contribution in [0.1, 0.15) is 38.8 Å². The van der Waals surface area contributed by atoms with Crippen molar-refractivity contribution in [2.45, 2.75) is 45.5 Å². The van der Waals surface area contributed by atoms with Crippen LogP contribution in [0.2, 0.25) is 0 Å². The number of hydrogen-bond acceptors (Lipinski definition) is 5. The van der Waals surface area contributed by atoms with Gasteiger partial charge in [0.25, 0.3) is 0 Å². The summed E-state index contributed by atoms with van der Waals surface area (Å²) in [7, 11) is -0.877. The lowest BCUT2D eigenvalue weighted by Gasteiger charge is -2.32. The fourth-order valence-electron chi connectivity index (χ4n) is 3.09. The maximum Gasteiger partial charge on any atom is 0.492 e. The van der Waals surface area contributed by atoms with E-state index in [-0.39, 0.29) is 24.4 Å². The van der Waals surface area contributed by atoms with Gasteiger partial charge in [0, 0.05) is 23.9 Å². The van der Waals surface area contributed by atoms with Gasteiger partial charge in [-0.3, -0.25) is 0 Å². The summed E-state index contributed by atoms with van der Waals surface area (Å²) in [4.78, 5) is 12.2. The van der Waals surface area contributed by atoms with Gasteiger partial charge in [-0.1, -0.05) is 36.4 Å². The van der Waals surface area contributed by atoms with E-state index in [0.29, 0.717) is 5.47 Å². The highest BCUT2D eigenvalue weighted by molar-refractivity contribution is 6.56. The zero-order valence-corrected chi connectivity index (χ0v) is 18.6. The second-order valence-corrected chi connectivity index (χ2v) is 8.61. The molecule has 1 saturated heterocycles. The minimum Gasteiger partial charge on any atom is -0.445 e. The molecule has 1 fully saturated rings. The van der Waals surface area contributed by atoms with Crippen molar-refractivity contribution in [3.05, 3.63) is 70.7 Å². The Morgan fingerprint density at radius 1 is 1.12 bits per heavy atom. The smallest absolute Gasteiger partial charge is 0.445 e. The Morgan fingerprint density at radius 3 is 2.34 bits per heavy atom. The lowest BCUT2D eigenvalue weighted by molar-refractivity contribution is 0.00578. The number of anilines is 1. The Balaban J connectivity index is 1.79. The van der Waals surface area contributed by atoms with Crippen molar-refractivity contribution in [2.75, 3.05) is 12.3 Å². The van der Waals surface area contributed by atoms with Gasteiger partial charge in [0.15, 0.2) is 0 Å². The molecule has 32 heavy (non-hydrogen) atoms. The Bertz CT molecular complexity index is 973. The van der Waals surface area contributed by atoms with E-state index < -0.39 is 36.0 Å². The highest BCUT2D eigenvalue weighted by Crippen LogP contribution is 2.39. The van der Waals surface area contributed by atoms with Gasteiger partial charge in [-0.25, -0.2) is 13.6 Å². The van der Waals surface area contributed by atoms with Crippen LogP contribution in [0.4, 0.5) is 19.3 Å². The van der Waals surface area contributed by atoms with Gasteiger partial charge < -0.3 is 25.1 Å². The lowest BCUT2D eigenvalue weighted by atomic mass is 9.76. The first-order chi connectivity index (χ1) is 15.0. The largest absolute Gasteiger partial charge is 0.492 e. The molecule has 0 aromatic heterocycles. The Morgan fingerprint density at radius 2 is 1.75 bits per heavy atom. The first kappa shape index (κ1) is 23.8. The molecule has 0 spiro atoms. The summed E-state index contributed by atoms with van der Waals surface area (Å²) in [5.41, 5.74) is 5.66. The van der Waals surface area contributed by atoms with Gasteiger partial charge in [0.2, 0.25) is 0 Å². The minimum absolute atomic E-state index is 0.0180. The fraction of sp³-hybridized carbons (Fsp3) is 0.348. The first-order valence-corrected chi connectivity index (χ1v) is 10.2. The van der Waals surface area contributed by atoms with E-state index in [2.05, 4.69) is 5.32 Å². The van der Waals surface area contributed by atoms with Crippen LogP contribution < -0.4 is 11.1 Å². The van der Waals surface area contributed by atoms with Crippen LogP contribution in [0.5, 0.6) is 0 Å². The Hall–Kier alpha value is -2.91. The summed E-state index contributed by atoms with van der Waals surface area (Å²) in [5.74, 6) is -1.61.